The van der Waals surface area contributed by atoms with E-state index in [4.69, 9.17) is 34.6 Å². The first-order chi connectivity index (χ1) is 20.3. The van der Waals surface area contributed by atoms with Gasteiger partial charge < -0.3 is 44.4 Å². The van der Waals surface area contributed by atoms with E-state index in [1.165, 1.54) is 0 Å². The molecular weight excluding hydrogens is 570 g/mol. The number of piperazine rings is 1. The van der Waals surface area contributed by atoms with Crippen LogP contribution in [0.15, 0.2) is 18.2 Å². The number of carbonyl (C=O) groups is 5. The van der Waals surface area contributed by atoms with Crippen molar-refractivity contribution in [1.29, 1.82) is 0 Å². The van der Waals surface area contributed by atoms with E-state index >= 15 is 0 Å². The maximum absolute atomic E-state index is 12.6. The van der Waals surface area contributed by atoms with E-state index in [-0.39, 0.29) is 11.8 Å². The number of hydrogen-bond acceptors (Lipinski definition) is 10. The monoisotopic (exact) mass is 609 g/mol. The van der Waals surface area contributed by atoms with Crippen LogP contribution < -0.4 is 14.2 Å². The molecular formula is C28H39N3O12. The Kier molecular flexibility index (Phi) is 13.2. The molecule has 15 heteroatoms. The number of likely N-dealkylation sites (tertiary alicyclic amines) is 1. The van der Waals surface area contributed by atoms with Gasteiger partial charge in [-0.25, -0.2) is 4.79 Å². The number of methoxy groups -OCH3 is 3. The summed E-state index contributed by atoms with van der Waals surface area (Å²) in [6.07, 6.45) is 3.23. The van der Waals surface area contributed by atoms with Gasteiger partial charge in [0.15, 0.2) is 17.1 Å². The number of amides is 2. The Morgan fingerprint density at radius 3 is 1.72 bits per heavy atom. The first-order valence-corrected chi connectivity index (χ1v) is 13.5. The molecule has 15 nitrogen and oxygen atoms in total. The highest BCUT2D eigenvalue weighted by Crippen LogP contribution is 2.38. The maximum atomic E-state index is 12.6. The molecule has 2 aliphatic rings. The van der Waals surface area contributed by atoms with Crippen molar-refractivity contribution in [1.82, 2.24) is 14.7 Å². The summed E-state index contributed by atoms with van der Waals surface area (Å²) >= 11 is 0. The molecule has 0 saturated carbocycles. The van der Waals surface area contributed by atoms with E-state index in [9.17, 15) is 24.0 Å². The van der Waals surface area contributed by atoms with Crippen LogP contribution in [0.25, 0.3) is 6.08 Å². The lowest BCUT2D eigenvalue weighted by Crippen LogP contribution is -2.51. The molecule has 4 N–H and O–H groups in total. The molecule has 0 radical (unpaired) electrons. The summed E-state index contributed by atoms with van der Waals surface area (Å²) in [7, 11) is 4.67. The van der Waals surface area contributed by atoms with Crippen molar-refractivity contribution < 1.29 is 58.6 Å². The summed E-state index contributed by atoms with van der Waals surface area (Å²) in [5, 5.41) is 33.8. The van der Waals surface area contributed by atoms with Crippen molar-refractivity contribution >= 4 is 35.8 Å². The topological polar surface area (TPSA) is 204 Å². The molecule has 43 heavy (non-hydrogen) atoms. The number of rotatable bonds is 12. The van der Waals surface area contributed by atoms with E-state index in [0.717, 1.165) is 31.5 Å². The van der Waals surface area contributed by atoms with Crippen LogP contribution in [0, 0.1) is 0 Å². The maximum Gasteiger partial charge on any atom is 0.336 e. The Balaban J connectivity index is 0.000000420. The average Bonchev–Trinajstić information content (AvgIpc) is 3.50. The van der Waals surface area contributed by atoms with Gasteiger partial charge in [0.2, 0.25) is 17.6 Å². The first kappa shape index (κ1) is 34.8. The molecule has 1 aromatic carbocycles. The van der Waals surface area contributed by atoms with Crippen LogP contribution in [0.3, 0.4) is 0 Å². The fraction of sp³-hybridized carbons (Fsp3) is 0.536. The second-order valence-electron chi connectivity index (χ2n) is 9.96. The Hall–Kier alpha value is -4.37. The molecule has 2 fully saturated rings. The van der Waals surface area contributed by atoms with Gasteiger partial charge in [-0.15, -0.1) is 0 Å². The molecule has 2 amide bonds. The quantitative estimate of drug-likeness (QED) is 0.235. The molecule has 0 spiro atoms. The van der Waals surface area contributed by atoms with E-state index in [2.05, 4.69) is 4.90 Å². The van der Waals surface area contributed by atoms with E-state index < -0.39 is 36.4 Å². The van der Waals surface area contributed by atoms with Crippen LogP contribution in [0.5, 0.6) is 17.2 Å². The second-order valence-corrected chi connectivity index (χ2v) is 9.96. The van der Waals surface area contributed by atoms with Gasteiger partial charge in [-0.2, -0.15) is 0 Å². The zero-order valence-electron chi connectivity index (χ0n) is 24.5. The van der Waals surface area contributed by atoms with Gasteiger partial charge >= 0.3 is 17.9 Å². The van der Waals surface area contributed by atoms with Crippen molar-refractivity contribution in [2.75, 3.05) is 67.1 Å². The number of nitrogens with zero attached hydrogens (tertiary/aromatic N) is 3. The summed E-state index contributed by atoms with van der Waals surface area (Å²) in [6, 6.07) is 3.60. The Morgan fingerprint density at radius 1 is 0.791 bits per heavy atom. The van der Waals surface area contributed by atoms with Crippen LogP contribution in [-0.2, 0) is 24.0 Å². The van der Waals surface area contributed by atoms with Crippen molar-refractivity contribution in [3.8, 4) is 17.2 Å². The third kappa shape index (κ3) is 10.4. The van der Waals surface area contributed by atoms with Crippen LogP contribution in [0.2, 0.25) is 0 Å². The van der Waals surface area contributed by atoms with Gasteiger partial charge in [0.05, 0.1) is 40.7 Å². The second kappa shape index (κ2) is 16.3. The average molecular weight is 610 g/mol. The fourth-order valence-corrected chi connectivity index (χ4v) is 4.57. The van der Waals surface area contributed by atoms with Gasteiger partial charge in [0.25, 0.3) is 0 Å². The van der Waals surface area contributed by atoms with E-state index in [0.29, 0.717) is 50.0 Å². The minimum Gasteiger partial charge on any atom is -0.493 e. The van der Waals surface area contributed by atoms with E-state index in [1.807, 2.05) is 9.80 Å². The number of carboxylic acid groups (broad SMARTS) is 3. The molecule has 0 unspecified atom stereocenters. The molecule has 2 aliphatic heterocycles. The summed E-state index contributed by atoms with van der Waals surface area (Å²) in [5.41, 5.74) is -1.95. The lowest BCUT2D eigenvalue weighted by atomic mass is 9.96. The zero-order chi connectivity index (χ0) is 32.2. The standard InChI is InChI=1S/C22H31N3O5.C6H8O7/c1-28-18-14-17(15-19(29-2)22(18)30-3)6-7-20(26)25-12-10-23(11-13-25)16-21(27)24-8-4-5-9-24;7-3(8)1-6(13,5(11)12)2-4(9)10/h6-7,14-15H,4-5,8-13,16H2,1-3H3;13H,1-2H2,(H,7,8)(H,9,10)(H,11,12)/b7-6+;. The SMILES string of the molecule is COc1cc(/C=C/C(=O)N2CCN(CC(=O)N3CCCC3)CC2)cc(OC)c1OC.O=C(O)CC(O)(CC(=O)O)C(=O)O. The minimum atomic E-state index is -2.74. The van der Waals surface area contributed by atoms with Crippen LogP contribution >= 0.6 is 0 Å². The molecule has 238 valence electrons. The predicted molar refractivity (Wildman–Crippen MR) is 151 cm³/mol. The summed E-state index contributed by atoms with van der Waals surface area (Å²) in [6.45, 7) is 4.86. The van der Waals surface area contributed by atoms with Gasteiger partial charge in [0, 0.05) is 45.3 Å². The zero-order valence-corrected chi connectivity index (χ0v) is 24.5. The lowest BCUT2D eigenvalue weighted by molar-refractivity contribution is -0.170. The van der Waals surface area contributed by atoms with Crippen molar-refractivity contribution in [3.05, 3.63) is 23.8 Å². The van der Waals surface area contributed by atoms with Crippen molar-refractivity contribution in [2.45, 2.75) is 31.3 Å². The number of carbonyl (C=O) groups excluding carboxylic acids is 2. The minimum absolute atomic E-state index is 0.0470. The third-order valence-corrected chi connectivity index (χ3v) is 6.89. The Labute approximate surface area is 248 Å². The molecule has 0 aromatic heterocycles. The molecule has 0 atom stereocenters. The summed E-state index contributed by atoms with van der Waals surface area (Å²) < 4.78 is 16.0. The highest BCUT2D eigenvalue weighted by atomic mass is 16.5. The predicted octanol–water partition coefficient (Wildman–Crippen LogP) is 0.244. The summed E-state index contributed by atoms with van der Waals surface area (Å²) in [5.74, 6) is -3.26. The first-order valence-electron chi connectivity index (χ1n) is 13.5. The van der Waals surface area contributed by atoms with Gasteiger partial charge in [-0.3, -0.25) is 24.1 Å². The van der Waals surface area contributed by atoms with Crippen LogP contribution in [0.4, 0.5) is 0 Å². The van der Waals surface area contributed by atoms with Crippen LogP contribution in [0.1, 0.15) is 31.2 Å². The summed E-state index contributed by atoms with van der Waals surface area (Å²) in [4.78, 5) is 61.3. The molecule has 2 heterocycles. The molecule has 0 aliphatic carbocycles. The number of ether oxygens (including phenoxy) is 3. The van der Waals surface area contributed by atoms with Gasteiger partial charge in [0.1, 0.15) is 0 Å². The lowest BCUT2D eigenvalue weighted by Gasteiger charge is -2.34. The smallest absolute Gasteiger partial charge is 0.336 e. The molecule has 0 bridgehead atoms. The largest absolute Gasteiger partial charge is 0.493 e. The number of aliphatic carboxylic acids is 3. The number of carboxylic acids is 3. The van der Waals surface area contributed by atoms with Crippen LogP contribution in [-0.4, -0.2) is 138 Å². The number of hydrogen-bond donors (Lipinski definition) is 4. The highest BCUT2D eigenvalue weighted by Gasteiger charge is 2.40. The highest BCUT2D eigenvalue weighted by molar-refractivity contribution is 5.92. The Bertz CT molecular complexity index is 1150. The van der Waals surface area contributed by atoms with Crippen molar-refractivity contribution in [2.24, 2.45) is 0 Å². The van der Waals surface area contributed by atoms with Crippen molar-refractivity contribution in [3.63, 3.8) is 0 Å². The fourth-order valence-electron chi connectivity index (χ4n) is 4.57. The molecule has 2 saturated heterocycles. The van der Waals surface area contributed by atoms with Gasteiger partial charge in [-0.1, -0.05) is 0 Å². The molecule has 3 rings (SSSR count). The third-order valence-electron chi connectivity index (χ3n) is 6.89. The Morgan fingerprint density at radius 2 is 1.30 bits per heavy atom. The number of benzene rings is 1. The normalized spacial score (nSPS) is 15.4. The molecule has 1 aromatic rings. The number of aliphatic hydroxyl groups is 1. The van der Waals surface area contributed by atoms with E-state index in [1.54, 1.807) is 45.6 Å². The van der Waals surface area contributed by atoms with Gasteiger partial charge in [-0.05, 0) is 36.6 Å².